The molecule has 0 amide bonds. The molecule has 1 aromatic heterocycles. The Morgan fingerprint density at radius 3 is 3.00 bits per heavy atom. The van der Waals surface area contributed by atoms with E-state index < -0.39 is 7.04 Å². The number of hydrogen-bond acceptors (Lipinski definition) is 2. The summed E-state index contributed by atoms with van der Waals surface area (Å²) in [5, 5.41) is 5.11. The molecule has 1 aromatic carbocycles. The number of ether oxygens (including phenoxy) is 1. The zero-order valence-corrected chi connectivity index (χ0v) is 10.1. The van der Waals surface area contributed by atoms with Crippen LogP contribution in [0.15, 0.2) is 22.8 Å². The van der Waals surface area contributed by atoms with Crippen molar-refractivity contribution in [1.29, 1.82) is 0 Å². The van der Waals surface area contributed by atoms with Gasteiger partial charge in [0.2, 0.25) is 0 Å². The average molecular weight is 272 g/mol. The minimum absolute atomic E-state index is 0.121. The van der Waals surface area contributed by atoms with Crippen LogP contribution in [-0.2, 0) is 0 Å². The van der Waals surface area contributed by atoms with Gasteiger partial charge in [-0.25, -0.2) is 0 Å². The molecule has 0 N–H and O–H groups in total. The Bertz CT molecular complexity index is 577. The predicted molar refractivity (Wildman–Crippen MR) is 64.4 cm³/mol. The van der Waals surface area contributed by atoms with Gasteiger partial charge in [0, 0.05) is 11.4 Å². The highest BCUT2D eigenvalue weighted by Gasteiger charge is 2.13. The molecule has 0 aliphatic carbocycles. The molecule has 0 saturated heterocycles. The Labute approximate surface area is 101 Å². The van der Waals surface area contributed by atoms with Crippen LogP contribution in [-0.4, -0.2) is 16.8 Å². The number of nitrogens with zero attached hydrogens (tertiary/aromatic N) is 2. The van der Waals surface area contributed by atoms with Crippen LogP contribution in [0.3, 0.4) is 0 Å². The number of fused-ring (bicyclic) bond motifs is 1. The van der Waals surface area contributed by atoms with Crippen molar-refractivity contribution in [2.45, 2.75) is 19.9 Å². The first-order valence-electron chi connectivity index (χ1n) is 6.14. The van der Waals surface area contributed by atoms with E-state index in [0.29, 0.717) is 15.7 Å². The summed E-state index contributed by atoms with van der Waals surface area (Å²) in [6.45, 7) is 3.96. The molecule has 1 heterocycles. The minimum atomic E-state index is -2.48. The molecule has 15 heavy (non-hydrogen) atoms. The van der Waals surface area contributed by atoms with Crippen LogP contribution in [0.2, 0.25) is 0 Å². The van der Waals surface area contributed by atoms with Gasteiger partial charge in [0.05, 0.1) is 21.8 Å². The van der Waals surface area contributed by atoms with Crippen LogP contribution in [0.1, 0.15) is 24.0 Å². The molecule has 0 aliphatic heterocycles. The van der Waals surface area contributed by atoms with Crippen molar-refractivity contribution in [1.82, 2.24) is 9.78 Å². The first-order valence-corrected chi connectivity index (χ1v) is 5.43. The first-order chi connectivity index (χ1) is 8.29. The normalized spacial score (nSPS) is 15.1. The number of halogens is 1. The van der Waals surface area contributed by atoms with Crippen molar-refractivity contribution in [3.05, 3.63) is 22.8 Å². The third kappa shape index (κ3) is 1.63. The van der Waals surface area contributed by atoms with E-state index in [4.69, 9.17) is 8.85 Å². The summed E-state index contributed by atoms with van der Waals surface area (Å²) >= 11 is 3.32. The summed E-state index contributed by atoms with van der Waals surface area (Å²) in [7, 11) is -2.48. The largest absolute Gasteiger partial charge is 0.493 e. The Balaban J connectivity index is 2.68. The number of hydrogen-bond donors (Lipinski definition) is 0. The quantitative estimate of drug-likeness (QED) is 0.837. The van der Waals surface area contributed by atoms with E-state index in [1.165, 1.54) is 0 Å². The molecular formula is C11H13BrN2O. The molecule has 3 nitrogen and oxygen atoms in total. The molecule has 0 fully saturated rings. The van der Waals surface area contributed by atoms with Crippen LogP contribution in [0.4, 0.5) is 0 Å². The lowest BCUT2D eigenvalue weighted by atomic mass is 10.2. The number of aromatic nitrogens is 2. The van der Waals surface area contributed by atoms with Gasteiger partial charge in [0.15, 0.2) is 5.75 Å². The van der Waals surface area contributed by atoms with Crippen molar-refractivity contribution < 1.29 is 8.85 Å². The molecule has 2 rings (SSSR count). The van der Waals surface area contributed by atoms with Gasteiger partial charge in [-0.2, -0.15) is 5.10 Å². The van der Waals surface area contributed by atoms with Crippen LogP contribution in [0.5, 0.6) is 5.75 Å². The van der Waals surface area contributed by atoms with Gasteiger partial charge < -0.3 is 4.74 Å². The van der Waals surface area contributed by atoms with Gasteiger partial charge in [0.1, 0.15) is 5.52 Å². The van der Waals surface area contributed by atoms with Crippen LogP contribution in [0, 0.1) is 0 Å². The Morgan fingerprint density at radius 2 is 2.33 bits per heavy atom. The van der Waals surface area contributed by atoms with Crippen molar-refractivity contribution in [3.8, 4) is 5.75 Å². The van der Waals surface area contributed by atoms with Crippen molar-refractivity contribution in [2.24, 2.45) is 0 Å². The van der Waals surface area contributed by atoms with Crippen molar-refractivity contribution >= 4 is 26.8 Å². The smallest absolute Gasteiger partial charge is 0.158 e. The zero-order valence-electron chi connectivity index (χ0n) is 11.5. The Morgan fingerprint density at radius 1 is 1.53 bits per heavy atom. The summed E-state index contributed by atoms with van der Waals surface area (Å²) in [6, 6.07) is 3.75. The fourth-order valence-electron chi connectivity index (χ4n) is 1.57. The summed E-state index contributed by atoms with van der Waals surface area (Å²) in [6.07, 6.45) is 1.70. The summed E-state index contributed by atoms with van der Waals surface area (Å²) in [4.78, 5) is 0. The molecule has 0 spiro atoms. The maximum absolute atomic E-state index is 7.23. The molecule has 0 aliphatic rings. The SMILES string of the molecule is [2H]C([2H])([2H])Oc1c(Br)ccc2cnn(C(C)C)c12. The maximum atomic E-state index is 7.23. The monoisotopic (exact) mass is 271 g/mol. The van der Waals surface area contributed by atoms with E-state index >= 15 is 0 Å². The second kappa shape index (κ2) is 3.85. The second-order valence-electron chi connectivity index (χ2n) is 3.60. The summed E-state index contributed by atoms with van der Waals surface area (Å²) in [5.74, 6) is 0.304. The average Bonchev–Trinajstić information content (AvgIpc) is 2.64. The highest BCUT2D eigenvalue weighted by molar-refractivity contribution is 9.10. The fraction of sp³-hybridized carbons (Fsp3) is 0.364. The first kappa shape index (κ1) is 7.28. The predicted octanol–water partition coefficient (Wildman–Crippen LogP) is 3.39. The fourth-order valence-corrected chi connectivity index (χ4v) is 1.97. The van der Waals surface area contributed by atoms with Gasteiger partial charge >= 0.3 is 0 Å². The van der Waals surface area contributed by atoms with Gasteiger partial charge in [-0.05, 0) is 41.9 Å². The molecule has 0 radical (unpaired) electrons. The molecule has 2 aromatic rings. The lowest BCUT2D eigenvalue weighted by Gasteiger charge is -2.11. The molecule has 4 heteroatoms. The van der Waals surface area contributed by atoms with Crippen LogP contribution < -0.4 is 4.74 Å². The lowest BCUT2D eigenvalue weighted by Crippen LogP contribution is -2.03. The number of methoxy groups -OCH3 is 1. The van der Waals surface area contributed by atoms with Crippen LogP contribution >= 0.6 is 15.9 Å². The van der Waals surface area contributed by atoms with Gasteiger partial charge in [0.25, 0.3) is 0 Å². The Kier molecular flexibility index (Phi) is 1.87. The second-order valence-corrected chi connectivity index (χ2v) is 4.45. The van der Waals surface area contributed by atoms with E-state index in [1.54, 1.807) is 16.9 Å². The van der Waals surface area contributed by atoms with E-state index in [2.05, 4.69) is 21.0 Å². The summed E-state index contributed by atoms with van der Waals surface area (Å²) < 4.78 is 29.1. The Hall–Kier alpha value is -1.03. The molecule has 0 saturated carbocycles. The molecule has 0 unspecified atom stereocenters. The third-order valence-corrected chi connectivity index (χ3v) is 2.88. The van der Waals surface area contributed by atoms with Gasteiger partial charge in [-0.3, -0.25) is 4.68 Å². The van der Waals surface area contributed by atoms with Gasteiger partial charge in [-0.1, -0.05) is 0 Å². The molecule has 80 valence electrons. The van der Waals surface area contributed by atoms with Gasteiger partial charge in [-0.15, -0.1) is 0 Å². The van der Waals surface area contributed by atoms with E-state index in [-0.39, 0.29) is 6.04 Å². The highest BCUT2D eigenvalue weighted by Crippen LogP contribution is 2.34. The van der Waals surface area contributed by atoms with Crippen LogP contribution in [0.25, 0.3) is 10.9 Å². The number of benzene rings is 1. The number of rotatable bonds is 2. The molecular weight excluding hydrogens is 256 g/mol. The third-order valence-electron chi connectivity index (χ3n) is 2.26. The standard InChI is InChI=1S/C11H13BrN2O/c1-7(2)14-10-8(6-13-14)4-5-9(12)11(10)15-3/h4-7H,1-3H3/i3D3. The van der Waals surface area contributed by atoms with E-state index in [0.717, 1.165) is 5.39 Å². The van der Waals surface area contributed by atoms with E-state index in [1.807, 2.05) is 19.9 Å². The van der Waals surface area contributed by atoms with E-state index in [9.17, 15) is 0 Å². The molecule has 0 atom stereocenters. The highest BCUT2D eigenvalue weighted by atomic mass is 79.9. The van der Waals surface area contributed by atoms with Crippen molar-refractivity contribution in [3.63, 3.8) is 0 Å². The minimum Gasteiger partial charge on any atom is -0.493 e. The van der Waals surface area contributed by atoms with Crippen molar-refractivity contribution in [2.75, 3.05) is 7.04 Å². The topological polar surface area (TPSA) is 27.1 Å². The maximum Gasteiger partial charge on any atom is 0.158 e. The summed E-state index contributed by atoms with van der Waals surface area (Å²) in [5.41, 5.74) is 0.690. The molecule has 0 bridgehead atoms. The lowest BCUT2D eigenvalue weighted by molar-refractivity contribution is 0.411. The zero-order chi connectivity index (χ0) is 13.5.